The Morgan fingerprint density at radius 3 is 2.50 bits per heavy atom. The lowest BCUT2D eigenvalue weighted by Gasteiger charge is -2.30. The number of fused-ring (bicyclic) bond motifs is 6. The Kier molecular flexibility index (Phi) is 3.95. The van der Waals surface area contributed by atoms with Crippen molar-refractivity contribution in [1.82, 2.24) is 4.90 Å². The maximum Gasteiger partial charge on any atom is 0.163 e. The van der Waals surface area contributed by atoms with Gasteiger partial charge in [0.05, 0.1) is 5.56 Å². The van der Waals surface area contributed by atoms with Crippen LogP contribution in [0.5, 0.6) is 5.75 Å². The Balaban J connectivity index is 1.71. The molecule has 0 N–H and O–H groups in total. The molecule has 4 heteroatoms. The molecule has 1 aromatic heterocycles. The highest BCUT2D eigenvalue weighted by molar-refractivity contribution is 6.17. The van der Waals surface area contributed by atoms with E-state index >= 15 is 0 Å². The Hall–Kier alpha value is -3.11. The maximum absolute atomic E-state index is 12.4. The van der Waals surface area contributed by atoms with Crippen molar-refractivity contribution in [3.05, 3.63) is 77.0 Å². The largest absolute Gasteiger partial charge is 0.477 e. The Bertz CT molecular complexity index is 1210. The molecule has 4 aromatic rings. The second kappa shape index (κ2) is 6.50. The number of benzene rings is 3. The van der Waals surface area contributed by atoms with Crippen molar-refractivity contribution in [1.29, 1.82) is 0 Å². The number of furan rings is 1. The van der Waals surface area contributed by atoms with Gasteiger partial charge in [-0.1, -0.05) is 54.6 Å². The van der Waals surface area contributed by atoms with Crippen LogP contribution < -0.4 is 4.74 Å². The van der Waals surface area contributed by atoms with Gasteiger partial charge in [-0.15, -0.1) is 0 Å². The third-order valence-electron chi connectivity index (χ3n) is 5.45. The lowest BCUT2D eigenvalue weighted by atomic mass is 9.95. The summed E-state index contributed by atoms with van der Waals surface area (Å²) < 4.78 is 12.3. The second-order valence-corrected chi connectivity index (χ2v) is 7.39. The summed E-state index contributed by atoms with van der Waals surface area (Å²) in [5.41, 5.74) is 3.73. The third kappa shape index (κ3) is 2.60. The van der Waals surface area contributed by atoms with Crippen LogP contribution in [-0.2, 0) is 13.1 Å². The normalized spacial score (nSPS) is 14.2. The van der Waals surface area contributed by atoms with Crippen LogP contribution in [-0.4, -0.2) is 17.4 Å². The fraction of sp³-hybridized carbons (Fsp3) is 0.208. The average Bonchev–Trinajstić information content (AvgIpc) is 3.06. The molecule has 28 heavy (non-hydrogen) atoms. The van der Waals surface area contributed by atoms with Gasteiger partial charge >= 0.3 is 0 Å². The van der Waals surface area contributed by atoms with Crippen molar-refractivity contribution < 1.29 is 13.9 Å². The van der Waals surface area contributed by atoms with Gasteiger partial charge in [-0.25, -0.2) is 0 Å². The number of carbonyl (C=O) groups excluding carboxylic acids is 1. The molecule has 1 aliphatic rings. The molecule has 3 aromatic carbocycles. The number of ketones is 1. The van der Waals surface area contributed by atoms with Crippen LogP contribution in [0, 0.1) is 6.92 Å². The van der Waals surface area contributed by atoms with E-state index < -0.39 is 0 Å². The highest BCUT2D eigenvalue weighted by Crippen LogP contribution is 2.44. The zero-order valence-corrected chi connectivity index (χ0v) is 16.0. The van der Waals surface area contributed by atoms with E-state index in [1.807, 2.05) is 43.3 Å². The van der Waals surface area contributed by atoms with E-state index in [1.54, 1.807) is 6.92 Å². The molecule has 0 saturated carbocycles. The zero-order valence-electron chi connectivity index (χ0n) is 16.0. The first kappa shape index (κ1) is 17.0. The molecule has 0 amide bonds. The van der Waals surface area contributed by atoms with Gasteiger partial charge in [-0.05, 0) is 19.4 Å². The number of hydrogen-bond donors (Lipinski definition) is 0. The number of aryl methyl sites for hydroxylation is 1. The van der Waals surface area contributed by atoms with E-state index in [1.165, 1.54) is 5.56 Å². The van der Waals surface area contributed by atoms with Crippen LogP contribution in [0.1, 0.15) is 34.2 Å². The molecule has 0 radical (unpaired) electrons. The fourth-order valence-electron chi connectivity index (χ4n) is 4.29. The van der Waals surface area contributed by atoms with Gasteiger partial charge in [0.2, 0.25) is 0 Å². The van der Waals surface area contributed by atoms with Gasteiger partial charge in [0.25, 0.3) is 0 Å². The molecule has 0 unspecified atom stereocenters. The van der Waals surface area contributed by atoms with Crippen molar-refractivity contribution in [3.8, 4) is 5.75 Å². The minimum atomic E-state index is 0.0221. The summed E-state index contributed by atoms with van der Waals surface area (Å²) in [6.45, 7) is 5.49. The molecule has 5 rings (SSSR count). The fourth-order valence-corrected chi connectivity index (χ4v) is 4.29. The highest BCUT2D eigenvalue weighted by Gasteiger charge is 2.28. The summed E-state index contributed by atoms with van der Waals surface area (Å²) >= 11 is 0. The summed E-state index contributed by atoms with van der Waals surface area (Å²) in [6.07, 6.45) is 0. The molecular formula is C24H21NO3. The SMILES string of the molecule is CC(=O)c1c(C)oc2c1c1c(c3ccccc32)OCN(Cc2ccccc2)C1. The monoisotopic (exact) mass is 371 g/mol. The first-order chi connectivity index (χ1) is 13.6. The van der Waals surface area contributed by atoms with E-state index in [9.17, 15) is 4.79 Å². The summed E-state index contributed by atoms with van der Waals surface area (Å²) in [5.74, 6) is 1.56. The van der Waals surface area contributed by atoms with Crippen molar-refractivity contribution in [2.45, 2.75) is 26.9 Å². The molecule has 1 aliphatic heterocycles. The number of nitrogens with zero attached hydrogens (tertiary/aromatic N) is 1. The molecule has 0 aliphatic carbocycles. The summed E-state index contributed by atoms with van der Waals surface area (Å²) in [4.78, 5) is 14.7. The van der Waals surface area contributed by atoms with Crippen LogP contribution in [0.3, 0.4) is 0 Å². The van der Waals surface area contributed by atoms with Crippen molar-refractivity contribution in [3.63, 3.8) is 0 Å². The minimum Gasteiger partial charge on any atom is -0.477 e. The number of Topliss-reactive ketones (excluding diaryl/α,β-unsaturated/α-hetero) is 1. The van der Waals surface area contributed by atoms with Crippen LogP contribution in [0.25, 0.3) is 21.7 Å². The number of rotatable bonds is 3. The van der Waals surface area contributed by atoms with Gasteiger partial charge in [0.1, 0.15) is 23.8 Å². The lowest BCUT2D eigenvalue weighted by Crippen LogP contribution is -2.31. The van der Waals surface area contributed by atoms with Gasteiger partial charge < -0.3 is 9.15 Å². The summed E-state index contributed by atoms with van der Waals surface area (Å²) in [6, 6.07) is 18.5. The molecule has 0 spiro atoms. The molecule has 140 valence electrons. The second-order valence-electron chi connectivity index (χ2n) is 7.39. The van der Waals surface area contributed by atoms with Gasteiger partial charge in [0.15, 0.2) is 5.78 Å². The number of ether oxygens (including phenoxy) is 1. The minimum absolute atomic E-state index is 0.0221. The van der Waals surface area contributed by atoms with E-state index in [4.69, 9.17) is 9.15 Å². The number of carbonyl (C=O) groups is 1. The predicted octanol–water partition coefficient (Wildman–Crippen LogP) is 5.45. The van der Waals surface area contributed by atoms with Crippen molar-refractivity contribution in [2.75, 3.05) is 6.73 Å². The Morgan fingerprint density at radius 2 is 1.75 bits per heavy atom. The number of hydrogen-bond acceptors (Lipinski definition) is 4. The van der Waals surface area contributed by atoms with E-state index in [0.717, 1.165) is 39.6 Å². The quantitative estimate of drug-likeness (QED) is 0.449. The van der Waals surface area contributed by atoms with Crippen LogP contribution in [0.15, 0.2) is 59.0 Å². The van der Waals surface area contributed by atoms with E-state index in [-0.39, 0.29) is 5.78 Å². The summed E-state index contributed by atoms with van der Waals surface area (Å²) in [7, 11) is 0. The van der Waals surface area contributed by atoms with Crippen molar-refractivity contribution in [2.24, 2.45) is 0 Å². The molecule has 4 nitrogen and oxygen atoms in total. The Morgan fingerprint density at radius 1 is 1.04 bits per heavy atom. The topological polar surface area (TPSA) is 42.7 Å². The standard InChI is InChI=1S/C24H21NO3/c1-15(26)21-16(2)28-24-19-11-7-6-10-18(19)23-20(22(21)24)13-25(14-27-23)12-17-8-4-3-5-9-17/h3-11H,12-14H2,1-2H3. The van der Waals surface area contributed by atoms with Gasteiger partial charge in [-0.2, -0.15) is 0 Å². The molecule has 0 bridgehead atoms. The molecular weight excluding hydrogens is 350 g/mol. The predicted molar refractivity (Wildman–Crippen MR) is 110 cm³/mol. The van der Waals surface area contributed by atoms with Crippen molar-refractivity contribution >= 4 is 27.5 Å². The third-order valence-corrected chi connectivity index (χ3v) is 5.45. The molecule has 0 saturated heterocycles. The zero-order chi connectivity index (χ0) is 19.3. The summed E-state index contributed by atoms with van der Waals surface area (Å²) in [5, 5.41) is 2.92. The molecule has 2 heterocycles. The average molecular weight is 371 g/mol. The molecule has 0 atom stereocenters. The lowest BCUT2D eigenvalue weighted by molar-refractivity contribution is 0.0912. The first-order valence-corrected chi connectivity index (χ1v) is 9.50. The molecule has 0 fully saturated rings. The van der Waals surface area contributed by atoms with E-state index in [2.05, 4.69) is 23.1 Å². The van der Waals surface area contributed by atoms with Gasteiger partial charge in [0, 0.05) is 34.8 Å². The van der Waals surface area contributed by atoms with Crippen LogP contribution >= 0.6 is 0 Å². The van der Waals surface area contributed by atoms with Crippen LogP contribution in [0.4, 0.5) is 0 Å². The highest BCUT2D eigenvalue weighted by atomic mass is 16.5. The van der Waals surface area contributed by atoms with Gasteiger partial charge in [-0.3, -0.25) is 9.69 Å². The smallest absolute Gasteiger partial charge is 0.163 e. The maximum atomic E-state index is 12.4. The Labute approximate surface area is 163 Å². The van der Waals surface area contributed by atoms with Crippen LogP contribution in [0.2, 0.25) is 0 Å². The first-order valence-electron chi connectivity index (χ1n) is 9.50. The van der Waals surface area contributed by atoms with E-state index in [0.29, 0.717) is 24.6 Å².